The van der Waals surface area contributed by atoms with Gasteiger partial charge >= 0.3 is 6.18 Å². The van der Waals surface area contributed by atoms with E-state index in [0.717, 1.165) is 13.1 Å². The van der Waals surface area contributed by atoms with Gasteiger partial charge < -0.3 is 5.73 Å². The van der Waals surface area contributed by atoms with E-state index < -0.39 is 18.6 Å². The van der Waals surface area contributed by atoms with Crippen molar-refractivity contribution in [3.63, 3.8) is 0 Å². The van der Waals surface area contributed by atoms with Crippen LogP contribution in [0.1, 0.15) is 23.8 Å². The lowest BCUT2D eigenvalue weighted by molar-refractivity contribution is -0.136. The lowest BCUT2D eigenvalue weighted by Crippen LogP contribution is -2.14. The average molecular weight is 403 g/mol. The normalized spacial score (nSPS) is 13.4. The number of thiophene rings is 1. The minimum Gasteiger partial charge on any atom is -0.323 e. The van der Waals surface area contributed by atoms with Crippen molar-refractivity contribution in [2.75, 3.05) is 0 Å². The Bertz CT molecular complexity index is 323. The molecule has 0 aromatic carbocycles. The molecule has 1 aromatic heterocycles. The largest absolute Gasteiger partial charge is 0.389 e. The maximum atomic E-state index is 11.9. The molecule has 0 unspecified atom stereocenters. The van der Waals surface area contributed by atoms with Crippen molar-refractivity contribution in [2.45, 2.75) is 25.1 Å². The first-order valence-corrected chi connectivity index (χ1v) is 6.47. The van der Waals surface area contributed by atoms with Gasteiger partial charge in [0.1, 0.15) is 0 Å². The van der Waals surface area contributed by atoms with Crippen LogP contribution in [0, 0.1) is 0 Å². The standard InChI is InChI=1S/C8H8Br2F3NS.ClH/c9-4-3-6(15-7(4)10)5(14)1-2-8(11,12)13;/h3,5H,1-2,14H2;1H/t5-;/m0./s1. The Labute approximate surface area is 118 Å². The van der Waals surface area contributed by atoms with Gasteiger partial charge in [-0.05, 0) is 44.3 Å². The predicted molar refractivity (Wildman–Crippen MR) is 69.2 cm³/mol. The van der Waals surface area contributed by atoms with Gasteiger partial charge in [-0.3, -0.25) is 0 Å². The molecule has 0 bridgehead atoms. The molecule has 0 fully saturated rings. The van der Waals surface area contributed by atoms with Crippen LogP contribution in [0.5, 0.6) is 0 Å². The fourth-order valence-corrected chi connectivity index (χ4v) is 3.13. The maximum absolute atomic E-state index is 11.9. The number of nitrogens with two attached hydrogens (primary N) is 1. The molecule has 8 heteroatoms. The average Bonchev–Trinajstić information content (AvgIpc) is 2.42. The smallest absolute Gasteiger partial charge is 0.323 e. The highest BCUT2D eigenvalue weighted by molar-refractivity contribution is 9.13. The second-order valence-corrected chi connectivity index (χ2v) is 6.29. The molecule has 1 aromatic rings. The Kier molecular flexibility index (Phi) is 6.87. The number of halogens is 6. The lowest BCUT2D eigenvalue weighted by atomic mass is 10.1. The van der Waals surface area contributed by atoms with Crippen molar-refractivity contribution in [3.05, 3.63) is 19.2 Å². The van der Waals surface area contributed by atoms with Crippen molar-refractivity contribution >= 4 is 55.6 Å². The van der Waals surface area contributed by atoms with Gasteiger partial charge in [-0.1, -0.05) is 0 Å². The number of hydrogen-bond donors (Lipinski definition) is 1. The zero-order valence-electron chi connectivity index (χ0n) is 7.85. The van der Waals surface area contributed by atoms with Crippen LogP contribution >= 0.6 is 55.6 Å². The molecule has 0 aliphatic heterocycles. The van der Waals surface area contributed by atoms with E-state index in [1.807, 2.05) is 0 Å². The van der Waals surface area contributed by atoms with Crippen LogP contribution in [0.2, 0.25) is 0 Å². The summed E-state index contributed by atoms with van der Waals surface area (Å²) in [5, 5.41) is 0. The van der Waals surface area contributed by atoms with E-state index in [9.17, 15) is 13.2 Å². The fraction of sp³-hybridized carbons (Fsp3) is 0.500. The number of hydrogen-bond acceptors (Lipinski definition) is 2. The molecule has 94 valence electrons. The van der Waals surface area contributed by atoms with Gasteiger partial charge in [0, 0.05) is 21.8 Å². The molecular formula is C8H9Br2ClF3NS. The Hall–Kier alpha value is 0.700. The molecule has 2 N–H and O–H groups in total. The summed E-state index contributed by atoms with van der Waals surface area (Å²) >= 11 is 7.88. The van der Waals surface area contributed by atoms with Gasteiger partial charge in [0.15, 0.2) is 0 Å². The summed E-state index contributed by atoms with van der Waals surface area (Å²) in [6.45, 7) is 0. The van der Waals surface area contributed by atoms with E-state index in [1.54, 1.807) is 6.07 Å². The van der Waals surface area contributed by atoms with Crippen LogP contribution < -0.4 is 5.73 Å². The van der Waals surface area contributed by atoms with Crippen LogP contribution in [0.25, 0.3) is 0 Å². The summed E-state index contributed by atoms with van der Waals surface area (Å²) in [5.41, 5.74) is 5.65. The first-order valence-electron chi connectivity index (χ1n) is 4.06. The van der Waals surface area contributed by atoms with Gasteiger partial charge in [0.2, 0.25) is 0 Å². The molecule has 0 aliphatic rings. The van der Waals surface area contributed by atoms with Crippen molar-refractivity contribution in [1.29, 1.82) is 0 Å². The minimum absolute atomic E-state index is 0. The van der Waals surface area contributed by atoms with Crippen molar-refractivity contribution < 1.29 is 13.2 Å². The zero-order valence-corrected chi connectivity index (χ0v) is 12.7. The molecule has 1 rings (SSSR count). The fourth-order valence-electron chi connectivity index (χ4n) is 1.01. The first-order chi connectivity index (χ1) is 6.79. The van der Waals surface area contributed by atoms with Gasteiger partial charge in [-0.2, -0.15) is 13.2 Å². The van der Waals surface area contributed by atoms with Crippen LogP contribution in [-0.2, 0) is 0 Å². The predicted octanol–water partition coefficient (Wildman–Crippen LogP) is 5.04. The van der Waals surface area contributed by atoms with E-state index in [4.69, 9.17) is 5.73 Å². The highest BCUT2D eigenvalue weighted by Crippen LogP contribution is 2.37. The molecule has 16 heavy (non-hydrogen) atoms. The summed E-state index contributed by atoms with van der Waals surface area (Å²) in [5.74, 6) is 0. The van der Waals surface area contributed by atoms with E-state index in [2.05, 4.69) is 31.9 Å². The van der Waals surface area contributed by atoms with Crippen molar-refractivity contribution in [2.24, 2.45) is 5.73 Å². The Morgan fingerprint density at radius 2 is 1.94 bits per heavy atom. The SMILES string of the molecule is Cl.N[C@@H](CCC(F)(F)F)c1cc(Br)c(Br)s1. The second-order valence-electron chi connectivity index (χ2n) is 3.03. The van der Waals surface area contributed by atoms with Gasteiger partial charge in [0.25, 0.3) is 0 Å². The number of rotatable bonds is 3. The summed E-state index contributed by atoms with van der Waals surface area (Å²) in [4.78, 5) is 0.748. The summed E-state index contributed by atoms with van der Waals surface area (Å²) < 4.78 is 37.5. The van der Waals surface area contributed by atoms with Crippen LogP contribution in [0.4, 0.5) is 13.2 Å². The molecule has 0 saturated carbocycles. The topological polar surface area (TPSA) is 26.0 Å². The highest BCUT2D eigenvalue weighted by Gasteiger charge is 2.28. The molecule has 0 radical (unpaired) electrons. The zero-order chi connectivity index (χ0) is 11.6. The Morgan fingerprint density at radius 3 is 2.31 bits per heavy atom. The van der Waals surface area contributed by atoms with Crippen LogP contribution in [-0.4, -0.2) is 6.18 Å². The highest BCUT2D eigenvalue weighted by atomic mass is 79.9. The van der Waals surface area contributed by atoms with E-state index in [-0.39, 0.29) is 18.8 Å². The summed E-state index contributed by atoms with van der Waals surface area (Å²) in [7, 11) is 0. The van der Waals surface area contributed by atoms with Crippen molar-refractivity contribution in [1.82, 2.24) is 0 Å². The molecule has 1 nitrogen and oxygen atoms in total. The monoisotopic (exact) mass is 401 g/mol. The van der Waals surface area contributed by atoms with E-state index in [1.165, 1.54) is 11.3 Å². The Balaban J connectivity index is 0.00000225. The van der Waals surface area contributed by atoms with Gasteiger partial charge in [0.05, 0.1) is 3.79 Å². The molecule has 0 spiro atoms. The maximum Gasteiger partial charge on any atom is 0.389 e. The van der Waals surface area contributed by atoms with Crippen LogP contribution in [0.3, 0.4) is 0 Å². The molecular weight excluding hydrogens is 394 g/mol. The summed E-state index contributed by atoms with van der Waals surface area (Å²) in [6.07, 6.45) is -5.06. The molecule has 0 amide bonds. The first kappa shape index (κ1) is 16.7. The second kappa shape index (κ2) is 6.58. The minimum atomic E-state index is -4.14. The third kappa shape index (κ3) is 5.35. The van der Waals surface area contributed by atoms with E-state index >= 15 is 0 Å². The third-order valence-electron chi connectivity index (χ3n) is 1.77. The molecule has 0 saturated heterocycles. The molecule has 1 atom stereocenters. The van der Waals surface area contributed by atoms with Gasteiger partial charge in [-0.15, -0.1) is 23.7 Å². The molecule has 1 heterocycles. The van der Waals surface area contributed by atoms with E-state index in [0.29, 0.717) is 0 Å². The van der Waals surface area contributed by atoms with Gasteiger partial charge in [-0.25, -0.2) is 0 Å². The van der Waals surface area contributed by atoms with Crippen LogP contribution in [0.15, 0.2) is 14.3 Å². The van der Waals surface area contributed by atoms with Crippen molar-refractivity contribution in [3.8, 4) is 0 Å². The lowest BCUT2D eigenvalue weighted by Gasteiger charge is -2.11. The molecule has 0 aliphatic carbocycles. The Morgan fingerprint density at radius 1 is 1.38 bits per heavy atom. The summed E-state index contributed by atoms with van der Waals surface area (Å²) in [6, 6.07) is 1.19. The third-order valence-corrected chi connectivity index (χ3v) is 5.16. The quantitative estimate of drug-likeness (QED) is 0.752. The number of alkyl halides is 3.